The topological polar surface area (TPSA) is 164 Å². The quantitative estimate of drug-likeness (QED) is 0.114. The second kappa shape index (κ2) is 48.8. The lowest BCUT2D eigenvalue weighted by atomic mass is 9.86. The van der Waals surface area contributed by atoms with E-state index in [1.807, 2.05) is 85.8 Å². The number of aryl methyl sites for hydroxylation is 3. The van der Waals surface area contributed by atoms with Crippen LogP contribution in [0.25, 0.3) is 0 Å². The van der Waals surface area contributed by atoms with Crippen LogP contribution in [0.4, 0.5) is 0 Å². The van der Waals surface area contributed by atoms with E-state index in [1.54, 1.807) is 19.9 Å². The predicted molar refractivity (Wildman–Crippen MR) is 349 cm³/mol. The van der Waals surface area contributed by atoms with E-state index in [1.165, 1.54) is 38.5 Å². The van der Waals surface area contributed by atoms with Gasteiger partial charge in [-0.2, -0.15) is 40.5 Å². The van der Waals surface area contributed by atoms with E-state index >= 15 is 0 Å². The lowest BCUT2D eigenvalue weighted by Crippen LogP contribution is -2.47. The summed E-state index contributed by atoms with van der Waals surface area (Å²) in [5.74, 6) is -2.08. The summed E-state index contributed by atoms with van der Waals surface area (Å²) in [6.07, 6.45) is 35.0. The van der Waals surface area contributed by atoms with E-state index in [0.717, 1.165) is 118 Å². The smallest absolute Gasteiger partial charge is 0.289 e. The molecule has 2 amide bonds. The summed E-state index contributed by atoms with van der Waals surface area (Å²) in [5.41, 5.74) is 5.38. The number of carbonyl (C=O) groups is 7. The number of ketones is 4. The Morgan fingerprint density at radius 3 is 1.49 bits per heavy atom. The third kappa shape index (κ3) is 30.3. The summed E-state index contributed by atoms with van der Waals surface area (Å²) in [6, 6.07) is 22.3. The summed E-state index contributed by atoms with van der Waals surface area (Å²) in [4.78, 5) is 85.9. The number of hydrogen-bond donors (Lipinski definition) is 3. The Hall–Kier alpha value is -4.82. The number of rotatable bonds is 8. The van der Waals surface area contributed by atoms with E-state index in [2.05, 4.69) is 34.9 Å². The van der Waals surface area contributed by atoms with Gasteiger partial charge in [0.1, 0.15) is 18.4 Å². The number of amides is 2. The van der Waals surface area contributed by atoms with Crippen LogP contribution in [0.1, 0.15) is 233 Å². The maximum absolute atomic E-state index is 12.9. The van der Waals surface area contributed by atoms with Crippen LogP contribution >= 0.6 is 40.5 Å². The molecule has 1 aliphatic heterocycles. The van der Waals surface area contributed by atoms with Crippen molar-refractivity contribution in [3.8, 4) is 0 Å². The molecule has 3 N–H and O–H groups in total. The number of allylic oxidation sites excluding steroid dienone is 5. The van der Waals surface area contributed by atoms with E-state index in [4.69, 9.17) is 1.37 Å². The molecule has 448 valence electrons. The van der Waals surface area contributed by atoms with Crippen LogP contribution in [0.15, 0.2) is 109 Å². The molecule has 4 atom stereocenters. The molecule has 0 aromatic heterocycles. The van der Waals surface area contributed by atoms with Crippen molar-refractivity contribution in [3.05, 3.63) is 143 Å². The highest BCUT2D eigenvalue weighted by molar-refractivity contribution is 7.59. The van der Waals surface area contributed by atoms with Crippen molar-refractivity contribution in [2.45, 2.75) is 215 Å². The Kier molecular flexibility index (Phi) is 47.2. The zero-order valence-electron chi connectivity index (χ0n) is 48.2. The molecule has 13 heteroatoms. The van der Waals surface area contributed by atoms with Gasteiger partial charge in [0.25, 0.3) is 11.8 Å². The Labute approximate surface area is 505 Å². The number of hydrogen-bond acceptors (Lipinski definition) is 8. The monoisotopic (exact) mass is 1160 g/mol. The molecule has 0 fully saturated rings. The molecule has 3 aromatic rings. The standard InChI is InChI=1S/C23H32O3.C21H28N2O3.C19H24O2.C2H6.2CH4.3H2S/c1-2-12-21(24)23(26)19-15-9-7-5-3-4-6-8-13-18-14-10-11-16-20(18)22(25)17-19;1-2-22-21(26)19(24)18-15-9-7-5-3-4-6-8-12-16-13-10-11-14-17(16)20(25)23-18;20-15-16-10-6-4-2-1-3-5-7-11-17-12-8-9-13-18(17)19(21)14-16;1-2;;;;;/h7,9-11,14,16,19,23,26H,2-6,8,12-13,15,17H2,1H3;7,9-11,13-14,18H,2-6,8,12,15H2,1H3,(H,22,26)(H,23,25);4,6,8-9,12-13,15-16H,1-3,5,7,10-11,14H2;1-2H3;2*1H4;3*1H2/b;9-7+;;;;;;;/t19-,23?;18-;16-;;;;;;/m101....../s1/i;;;1D;;;;;. The number of Topliss-reactive ketones (excluding diaryl/α,β-unsaturated/α-hetero) is 4. The summed E-state index contributed by atoms with van der Waals surface area (Å²) in [6.45, 7) is 6.36. The van der Waals surface area contributed by atoms with E-state index in [9.17, 15) is 38.7 Å². The zero-order valence-corrected chi connectivity index (χ0v) is 50.2. The number of likely N-dealkylation sites (N-methyl/N-ethyl adjacent to an activating group) is 1. The van der Waals surface area contributed by atoms with Gasteiger partial charge in [0, 0.05) is 55.7 Å². The van der Waals surface area contributed by atoms with Gasteiger partial charge in [0.15, 0.2) is 17.3 Å². The number of aldehydes is 1. The van der Waals surface area contributed by atoms with Gasteiger partial charge in [-0.25, -0.2) is 0 Å². The largest absolute Gasteiger partial charge is 0.385 e. The maximum Gasteiger partial charge on any atom is 0.289 e. The fourth-order valence-corrected chi connectivity index (χ4v) is 9.64. The predicted octanol–water partition coefficient (Wildman–Crippen LogP) is 15.2. The van der Waals surface area contributed by atoms with Gasteiger partial charge in [0.2, 0.25) is 5.78 Å². The van der Waals surface area contributed by atoms with Crippen molar-refractivity contribution in [2.75, 3.05) is 6.54 Å². The van der Waals surface area contributed by atoms with Gasteiger partial charge in [-0.1, -0.05) is 177 Å². The van der Waals surface area contributed by atoms with Gasteiger partial charge in [-0.15, -0.1) is 0 Å². The van der Waals surface area contributed by atoms with Crippen LogP contribution in [0.3, 0.4) is 0 Å². The molecule has 3 aromatic carbocycles. The summed E-state index contributed by atoms with van der Waals surface area (Å²) in [7, 11) is 0. The van der Waals surface area contributed by atoms with E-state index in [0.29, 0.717) is 51.1 Å². The molecule has 80 heavy (non-hydrogen) atoms. The van der Waals surface area contributed by atoms with Crippen molar-refractivity contribution in [1.29, 1.82) is 0 Å². The molecule has 0 radical (unpaired) electrons. The van der Waals surface area contributed by atoms with Crippen molar-refractivity contribution in [2.24, 2.45) is 11.8 Å². The number of aliphatic hydroxyl groups excluding tert-OH is 1. The number of aliphatic hydroxyl groups is 1. The van der Waals surface area contributed by atoms with E-state index < -0.39 is 23.8 Å². The van der Waals surface area contributed by atoms with Crippen LogP contribution in [-0.2, 0) is 38.4 Å². The minimum atomic E-state index is -1.05. The van der Waals surface area contributed by atoms with Gasteiger partial charge >= 0.3 is 0 Å². The first-order valence-corrected chi connectivity index (χ1v) is 28.3. The van der Waals surface area contributed by atoms with Crippen molar-refractivity contribution in [3.63, 3.8) is 0 Å². The average Bonchev–Trinajstić information content (AvgIpc) is 3.43. The molecule has 0 bridgehead atoms. The molecule has 0 saturated carbocycles. The van der Waals surface area contributed by atoms with Crippen LogP contribution in [-0.4, -0.2) is 65.0 Å². The first-order valence-electron chi connectivity index (χ1n) is 29.0. The lowest BCUT2D eigenvalue weighted by Gasteiger charge is -2.21. The highest BCUT2D eigenvalue weighted by atomic mass is 32.1. The Morgan fingerprint density at radius 1 is 0.613 bits per heavy atom. The highest BCUT2D eigenvalue weighted by Gasteiger charge is 2.29. The Bertz CT molecular complexity index is 2340. The average molecular weight is 1160 g/mol. The summed E-state index contributed by atoms with van der Waals surface area (Å²) >= 11 is 0. The first kappa shape index (κ1) is 77.2. The van der Waals surface area contributed by atoms with Crippen molar-refractivity contribution < 1.29 is 40.0 Å². The molecular weight excluding hydrogens is 1060 g/mol. The summed E-state index contributed by atoms with van der Waals surface area (Å²) in [5, 5.41) is 15.8. The zero-order chi connectivity index (χ0) is 55.2. The number of fused-ring (bicyclic) bond motifs is 3. The Balaban J connectivity index is -0.00000107. The van der Waals surface area contributed by atoms with Gasteiger partial charge < -0.3 is 20.5 Å². The minimum Gasteiger partial charge on any atom is -0.385 e. The fraction of sp³-hybridized carbons (Fsp3) is 0.537. The molecule has 1 unspecified atom stereocenters. The molecule has 6 rings (SSSR count). The molecule has 0 saturated heterocycles. The molecule has 0 spiro atoms. The second-order valence-corrected chi connectivity index (χ2v) is 19.8. The van der Waals surface area contributed by atoms with Gasteiger partial charge in [-0.3, -0.25) is 28.8 Å². The third-order valence-electron chi connectivity index (χ3n) is 13.9. The van der Waals surface area contributed by atoms with Crippen LogP contribution in [0, 0.1) is 11.8 Å². The summed E-state index contributed by atoms with van der Waals surface area (Å²) < 4.78 is 6.21. The van der Waals surface area contributed by atoms with Crippen LogP contribution in [0.2, 0.25) is 0 Å². The van der Waals surface area contributed by atoms with Crippen molar-refractivity contribution >= 4 is 81.7 Å². The van der Waals surface area contributed by atoms with Crippen LogP contribution in [0.5, 0.6) is 0 Å². The Morgan fingerprint density at radius 2 is 1.02 bits per heavy atom. The normalized spacial score (nSPS) is 19.2. The molecule has 10 nitrogen and oxygen atoms in total. The number of nitrogens with one attached hydrogen (secondary N) is 2. The first-order chi connectivity index (χ1) is 37.0. The molecule has 3 aliphatic rings. The molecule has 2 aliphatic carbocycles. The fourth-order valence-electron chi connectivity index (χ4n) is 9.64. The van der Waals surface area contributed by atoms with Gasteiger partial charge in [0.05, 0.1) is 0 Å². The minimum absolute atomic E-state index is 0. The van der Waals surface area contributed by atoms with E-state index in [-0.39, 0.29) is 96.9 Å². The number of carbonyl (C=O) groups excluding carboxylic acids is 7. The van der Waals surface area contributed by atoms with Crippen LogP contribution < -0.4 is 10.6 Å². The maximum atomic E-state index is 12.9. The molecular formula is C67H104N2O8S3. The van der Waals surface area contributed by atoms with Crippen molar-refractivity contribution in [1.82, 2.24) is 10.6 Å². The molecule has 1 heterocycles. The third-order valence-corrected chi connectivity index (χ3v) is 13.9. The lowest BCUT2D eigenvalue weighted by molar-refractivity contribution is -0.138. The SMILES string of the molecule is C.C.CCCC(=O)C(O)[C@@H]1CC=CCCCCCCc2ccccc2C(=O)C1.CCNC(=O)C(=O)[C@@H]1C/C=C/CCCCCCc2ccccc2C(=O)N1.O=C[C@@H]1CC=CCCCCCCc2ccccc2C(=O)C1.S.S.S.[2H]CC. The second-order valence-electron chi connectivity index (χ2n) is 19.8. The number of benzene rings is 3. The van der Waals surface area contributed by atoms with Gasteiger partial charge in [-0.05, 0) is 132 Å². The highest BCUT2D eigenvalue weighted by Crippen LogP contribution is 2.25.